The molecule has 0 aromatic heterocycles. The van der Waals surface area contributed by atoms with Gasteiger partial charge in [-0.3, -0.25) is 4.79 Å². The molecular weight excluding hydrogens is 285 g/mol. The van der Waals surface area contributed by atoms with Crippen molar-refractivity contribution in [3.63, 3.8) is 0 Å². The molecule has 1 amide bonds. The maximum Gasteiger partial charge on any atom is 0.255 e. The van der Waals surface area contributed by atoms with Gasteiger partial charge in [0.2, 0.25) is 0 Å². The van der Waals surface area contributed by atoms with Gasteiger partial charge in [0.15, 0.2) is 11.5 Å². The van der Waals surface area contributed by atoms with E-state index in [1.807, 2.05) is 0 Å². The summed E-state index contributed by atoms with van der Waals surface area (Å²) in [6, 6.07) is 7.83. The van der Waals surface area contributed by atoms with Crippen LogP contribution in [0.3, 0.4) is 0 Å². The second kappa shape index (κ2) is 5.79. The van der Waals surface area contributed by atoms with Gasteiger partial charge in [0.25, 0.3) is 5.91 Å². The van der Waals surface area contributed by atoms with Crippen molar-refractivity contribution in [1.82, 2.24) is 0 Å². The van der Waals surface area contributed by atoms with Crippen molar-refractivity contribution in [3.8, 4) is 11.5 Å². The SMILES string of the molecule is COc1ccc(C(=O)Nc2cc(F)ccc2Cl)cc1O. The topological polar surface area (TPSA) is 58.6 Å². The average molecular weight is 296 g/mol. The molecule has 0 heterocycles. The third kappa shape index (κ3) is 3.00. The van der Waals surface area contributed by atoms with Crippen LogP contribution in [0.1, 0.15) is 10.4 Å². The van der Waals surface area contributed by atoms with Crippen molar-refractivity contribution < 1.29 is 19.0 Å². The average Bonchev–Trinajstić information content (AvgIpc) is 2.42. The van der Waals surface area contributed by atoms with Crippen LogP contribution < -0.4 is 10.1 Å². The third-order valence-corrected chi connectivity index (χ3v) is 2.95. The highest BCUT2D eigenvalue weighted by molar-refractivity contribution is 6.33. The normalized spacial score (nSPS) is 10.2. The van der Waals surface area contributed by atoms with Gasteiger partial charge < -0.3 is 15.2 Å². The first-order valence-electron chi connectivity index (χ1n) is 5.64. The number of halogens is 2. The maximum atomic E-state index is 13.1. The number of rotatable bonds is 3. The van der Waals surface area contributed by atoms with Gasteiger partial charge in [-0.2, -0.15) is 0 Å². The van der Waals surface area contributed by atoms with Crippen molar-refractivity contribution in [2.45, 2.75) is 0 Å². The van der Waals surface area contributed by atoms with Gasteiger partial charge in [-0.1, -0.05) is 11.6 Å². The van der Waals surface area contributed by atoms with Crippen molar-refractivity contribution in [1.29, 1.82) is 0 Å². The summed E-state index contributed by atoms with van der Waals surface area (Å²) in [7, 11) is 1.40. The molecule has 20 heavy (non-hydrogen) atoms. The minimum Gasteiger partial charge on any atom is -0.504 e. The van der Waals surface area contributed by atoms with Gasteiger partial charge >= 0.3 is 0 Å². The first-order chi connectivity index (χ1) is 9.51. The summed E-state index contributed by atoms with van der Waals surface area (Å²) in [5, 5.41) is 12.3. The molecule has 0 radical (unpaired) electrons. The van der Waals surface area contributed by atoms with Gasteiger partial charge in [0, 0.05) is 5.56 Å². The van der Waals surface area contributed by atoms with Crippen molar-refractivity contribution in [2.75, 3.05) is 12.4 Å². The number of methoxy groups -OCH3 is 1. The molecule has 104 valence electrons. The zero-order valence-electron chi connectivity index (χ0n) is 10.5. The Morgan fingerprint density at radius 1 is 1.30 bits per heavy atom. The molecule has 0 saturated carbocycles. The van der Waals surface area contributed by atoms with Crippen molar-refractivity contribution in [2.24, 2.45) is 0 Å². The first kappa shape index (κ1) is 14.1. The lowest BCUT2D eigenvalue weighted by Gasteiger charge is -2.09. The van der Waals surface area contributed by atoms with Gasteiger partial charge in [-0.25, -0.2) is 4.39 Å². The Bertz CT molecular complexity index is 661. The summed E-state index contributed by atoms with van der Waals surface area (Å²) in [5.74, 6) is -0.937. The number of phenolic OH excluding ortho intramolecular Hbond substituents is 1. The molecule has 0 aliphatic rings. The van der Waals surface area contributed by atoms with Crippen LogP contribution in [0.2, 0.25) is 5.02 Å². The van der Waals surface area contributed by atoms with Crippen LogP contribution in [0.4, 0.5) is 10.1 Å². The van der Waals surface area contributed by atoms with Gasteiger partial charge in [-0.15, -0.1) is 0 Å². The minimum atomic E-state index is -0.518. The van der Waals surface area contributed by atoms with Crippen LogP contribution in [0.5, 0.6) is 11.5 Å². The Morgan fingerprint density at radius 3 is 2.70 bits per heavy atom. The number of phenols is 1. The molecule has 2 aromatic carbocycles. The predicted octanol–water partition coefficient (Wildman–Crippen LogP) is 3.45. The van der Waals surface area contributed by atoms with E-state index in [-0.39, 0.29) is 27.8 Å². The number of anilines is 1. The molecule has 4 nitrogen and oxygen atoms in total. The number of hydrogen-bond donors (Lipinski definition) is 2. The number of benzene rings is 2. The Balaban J connectivity index is 2.24. The summed E-state index contributed by atoms with van der Waals surface area (Å²) in [5.41, 5.74) is 0.357. The molecule has 0 fully saturated rings. The lowest BCUT2D eigenvalue weighted by molar-refractivity contribution is 0.102. The standard InChI is InChI=1S/C14H11ClFNO3/c1-20-13-5-2-8(6-12(13)18)14(19)17-11-7-9(16)3-4-10(11)15/h2-7,18H,1H3,(H,17,19). The molecule has 0 aliphatic carbocycles. The van der Waals surface area contributed by atoms with E-state index in [0.29, 0.717) is 0 Å². The quantitative estimate of drug-likeness (QED) is 0.912. The fourth-order valence-corrected chi connectivity index (χ4v) is 1.78. The fourth-order valence-electron chi connectivity index (χ4n) is 1.62. The Labute approximate surface area is 119 Å². The molecule has 2 N–H and O–H groups in total. The second-order valence-corrected chi connectivity index (χ2v) is 4.37. The minimum absolute atomic E-state index is 0.159. The molecule has 0 atom stereocenters. The number of carbonyl (C=O) groups excluding carboxylic acids is 1. The van der Waals surface area contributed by atoms with Crippen molar-refractivity contribution in [3.05, 3.63) is 52.8 Å². The van der Waals surface area contributed by atoms with E-state index >= 15 is 0 Å². The second-order valence-electron chi connectivity index (χ2n) is 3.96. The van der Waals surface area contributed by atoms with E-state index in [9.17, 15) is 14.3 Å². The van der Waals surface area contributed by atoms with E-state index in [4.69, 9.17) is 16.3 Å². The van der Waals surface area contributed by atoms with Gasteiger partial charge in [0.1, 0.15) is 5.82 Å². The Kier molecular flexibility index (Phi) is 4.10. The van der Waals surface area contributed by atoms with Crippen LogP contribution in [0.15, 0.2) is 36.4 Å². The lowest BCUT2D eigenvalue weighted by Crippen LogP contribution is -2.12. The highest BCUT2D eigenvalue weighted by Crippen LogP contribution is 2.27. The van der Waals surface area contributed by atoms with E-state index in [2.05, 4.69) is 5.32 Å². The molecule has 0 bridgehead atoms. The fraction of sp³-hybridized carbons (Fsp3) is 0.0714. The van der Waals surface area contributed by atoms with Crippen LogP contribution in [0, 0.1) is 5.82 Å². The molecule has 2 rings (SSSR count). The predicted molar refractivity (Wildman–Crippen MR) is 74.0 cm³/mol. The molecule has 0 aliphatic heterocycles. The zero-order valence-corrected chi connectivity index (χ0v) is 11.2. The number of hydrogen-bond acceptors (Lipinski definition) is 3. The van der Waals surface area contributed by atoms with Crippen molar-refractivity contribution >= 4 is 23.2 Å². The molecule has 0 saturated heterocycles. The summed E-state index contributed by atoms with van der Waals surface area (Å²) in [6.45, 7) is 0. The smallest absolute Gasteiger partial charge is 0.255 e. The van der Waals surface area contributed by atoms with Gasteiger partial charge in [0.05, 0.1) is 17.8 Å². The summed E-state index contributed by atoms with van der Waals surface area (Å²) in [6.07, 6.45) is 0. The maximum absolute atomic E-state index is 13.1. The van der Waals surface area contributed by atoms with Crippen LogP contribution >= 0.6 is 11.6 Å². The summed E-state index contributed by atoms with van der Waals surface area (Å²) >= 11 is 5.86. The van der Waals surface area contributed by atoms with E-state index in [0.717, 1.165) is 6.07 Å². The van der Waals surface area contributed by atoms with Crippen LogP contribution in [0.25, 0.3) is 0 Å². The summed E-state index contributed by atoms with van der Waals surface area (Å²) in [4.78, 5) is 12.0. The van der Waals surface area contributed by atoms with Gasteiger partial charge in [-0.05, 0) is 36.4 Å². The molecule has 6 heteroatoms. The highest BCUT2D eigenvalue weighted by Gasteiger charge is 2.12. The summed E-state index contributed by atoms with van der Waals surface area (Å²) < 4.78 is 18.0. The third-order valence-electron chi connectivity index (χ3n) is 2.62. The highest BCUT2D eigenvalue weighted by atomic mass is 35.5. The van der Waals surface area contributed by atoms with E-state index < -0.39 is 11.7 Å². The number of carbonyl (C=O) groups is 1. The number of amides is 1. The monoisotopic (exact) mass is 295 g/mol. The lowest BCUT2D eigenvalue weighted by atomic mass is 10.2. The first-order valence-corrected chi connectivity index (χ1v) is 6.02. The molecule has 0 unspecified atom stereocenters. The largest absolute Gasteiger partial charge is 0.504 e. The van der Waals surface area contributed by atoms with Crippen LogP contribution in [-0.4, -0.2) is 18.1 Å². The zero-order chi connectivity index (χ0) is 14.7. The van der Waals surface area contributed by atoms with E-state index in [1.165, 1.54) is 37.4 Å². The Morgan fingerprint density at radius 2 is 2.05 bits per heavy atom. The number of aromatic hydroxyl groups is 1. The molecular formula is C14H11ClFNO3. The molecule has 2 aromatic rings. The van der Waals surface area contributed by atoms with E-state index in [1.54, 1.807) is 0 Å². The number of ether oxygens (including phenoxy) is 1. The Hall–Kier alpha value is -2.27. The number of nitrogens with one attached hydrogen (secondary N) is 1. The van der Waals surface area contributed by atoms with Crippen LogP contribution in [-0.2, 0) is 0 Å². The molecule has 0 spiro atoms.